The summed E-state index contributed by atoms with van der Waals surface area (Å²) in [6, 6.07) is 27.6. The van der Waals surface area contributed by atoms with Crippen LogP contribution in [0.2, 0.25) is 0 Å². The summed E-state index contributed by atoms with van der Waals surface area (Å²) in [5.41, 5.74) is 5.82. The van der Waals surface area contributed by atoms with Crippen LogP contribution in [-0.4, -0.2) is 42.9 Å². The molecule has 0 aliphatic heterocycles. The fourth-order valence-electron chi connectivity index (χ4n) is 3.39. The Bertz CT molecular complexity index is 1590. The zero-order valence-electron chi connectivity index (χ0n) is 21.6. The number of nitrogens with two attached hydrogens (primary N) is 1. The van der Waals surface area contributed by atoms with E-state index in [4.69, 9.17) is 10.6 Å². The quantitative estimate of drug-likeness (QED) is 0.0559. The van der Waals surface area contributed by atoms with Crippen molar-refractivity contribution in [1.82, 2.24) is 25.1 Å². The molecule has 0 saturated carbocycles. The van der Waals surface area contributed by atoms with E-state index < -0.39 is 0 Å². The van der Waals surface area contributed by atoms with Crippen molar-refractivity contribution in [3.8, 4) is 5.75 Å². The number of aromatic nitrogens is 5. The fourth-order valence-corrected chi connectivity index (χ4v) is 5.77. The number of carbonyl (C=O) groups excluding carboxylic acids is 1. The summed E-state index contributed by atoms with van der Waals surface area (Å²) in [5, 5.41) is 24.0. The molecule has 2 heterocycles. The van der Waals surface area contributed by atoms with Crippen LogP contribution in [0.3, 0.4) is 0 Å². The Labute approximate surface area is 248 Å². The molecule has 11 nitrogen and oxygen atoms in total. The van der Waals surface area contributed by atoms with Crippen molar-refractivity contribution in [1.29, 1.82) is 0 Å². The molecular formula is C27H25N9O2S3. The maximum atomic E-state index is 12.4. The molecule has 3 aromatic carbocycles. The van der Waals surface area contributed by atoms with E-state index in [0.717, 1.165) is 33.0 Å². The van der Waals surface area contributed by atoms with Crippen molar-refractivity contribution >= 4 is 58.1 Å². The molecule has 0 aliphatic carbocycles. The van der Waals surface area contributed by atoms with Gasteiger partial charge in [-0.3, -0.25) is 10.1 Å². The van der Waals surface area contributed by atoms with Gasteiger partial charge < -0.3 is 10.6 Å². The average molecular weight is 604 g/mol. The third kappa shape index (κ3) is 8.30. The zero-order valence-corrected chi connectivity index (χ0v) is 24.0. The Balaban J connectivity index is 1.09. The number of thioether (sulfide) groups is 2. The lowest BCUT2D eigenvalue weighted by Gasteiger charge is -2.09. The Morgan fingerprint density at radius 3 is 2.46 bits per heavy atom. The highest BCUT2D eigenvalue weighted by Gasteiger charge is 2.14. The summed E-state index contributed by atoms with van der Waals surface area (Å²) in [4.78, 5) is 12.4. The van der Waals surface area contributed by atoms with Gasteiger partial charge in [-0.15, -0.1) is 20.4 Å². The minimum absolute atomic E-state index is 0.0663. The van der Waals surface area contributed by atoms with Gasteiger partial charge in [-0.05, 0) is 23.3 Å². The van der Waals surface area contributed by atoms with Crippen LogP contribution in [0.25, 0.3) is 0 Å². The molecule has 0 bridgehead atoms. The second-order valence-corrected chi connectivity index (χ2v) is 11.5. The van der Waals surface area contributed by atoms with Crippen LogP contribution in [0.5, 0.6) is 5.75 Å². The standard InChI is InChI=1S/C27H25N9O2S3/c28-36-24(31-29-15-21-13-7-8-14-22(21)38-16-19-9-3-1-4-10-19)32-34-26(36)39-18-23(37)30-25-33-35-27(41-25)40-17-20-11-5-2-6-12-20/h1-15H,16-18,28H2,(H,31,32)(H,30,33,37)/b29-15+. The van der Waals surface area contributed by atoms with Gasteiger partial charge in [0.15, 0.2) is 4.34 Å². The van der Waals surface area contributed by atoms with Gasteiger partial charge in [0.1, 0.15) is 12.4 Å². The highest BCUT2D eigenvalue weighted by Crippen LogP contribution is 2.28. The summed E-state index contributed by atoms with van der Waals surface area (Å²) >= 11 is 4.03. The summed E-state index contributed by atoms with van der Waals surface area (Å²) in [7, 11) is 0. The van der Waals surface area contributed by atoms with Crippen molar-refractivity contribution in [2.75, 3.05) is 22.3 Å². The molecule has 0 spiro atoms. The van der Waals surface area contributed by atoms with Crippen LogP contribution in [0.1, 0.15) is 16.7 Å². The van der Waals surface area contributed by atoms with Gasteiger partial charge in [0.2, 0.25) is 16.2 Å². The normalized spacial score (nSPS) is 11.0. The third-order valence-corrected chi connectivity index (χ3v) is 8.37. The highest BCUT2D eigenvalue weighted by molar-refractivity contribution is 8.00. The Hall–Kier alpha value is -4.40. The number of hydrogen-bond donors (Lipinski definition) is 3. The molecule has 0 radical (unpaired) electrons. The number of anilines is 2. The van der Waals surface area contributed by atoms with Crippen LogP contribution >= 0.6 is 34.9 Å². The van der Waals surface area contributed by atoms with Crippen molar-refractivity contribution in [3.05, 3.63) is 102 Å². The second-order valence-electron chi connectivity index (χ2n) is 8.34. The van der Waals surface area contributed by atoms with Gasteiger partial charge in [0, 0.05) is 11.3 Å². The molecule has 0 fully saturated rings. The van der Waals surface area contributed by atoms with E-state index in [2.05, 4.69) is 48.4 Å². The first-order valence-corrected chi connectivity index (χ1v) is 15.1. The topological polar surface area (TPSA) is 145 Å². The van der Waals surface area contributed by atoms with Crippen LogP contribution in [0.4, 0.5) is 11.1 Å². The molecular weight excluding hydrogens is 579 g/mol. The molecule has 0 unspecified atom stereocenters. The number of carbonyl (C=O) groups is 1. The number of nitrogens with zero attached hydrogens (tertiary/aromatic N) is 6. The van der Waals surface area contributed by atoms with Crippen molar-refractivity contribution in [2.45, 2.75) is 21.9 Å². The summed E-state index contributed by atoms with van der Waals surface area (Å²) in [6.07, 6.45) is 1.61. The van der Waals surface area contributed by atoms with E-state index in [0.29, 0.717) is 22.6 Å². The van der Waals surface area contributed by atoms with Gasteiger partial charge in [-0.2, -0.15) is 5.10 Å². The first kappa shape index (κ1) is 28.1. The molecule has 4 N–H and O–H groups in total. The molecule has 1 amide bonds. The Kier molecular flexibility index (Phi) is 9.81. The number of hydrogen-bond acceptors (Lipinski definition) is 12. The largest absolute Gasteiger partial charge is 0.488 e. The molecule has 0 atom stereocenters. The number of nitrogen functional groups attached to an aromatic ring is 1. The lowest BCUT2D eigenvalue weighted by Crippen LogP contribution is -2.16. The molecule has 14 heteroatoms. The lowest BCUT2D eigenvalue weighted by molar-refractivity contribution is -0.113. The number of benzene rings is 3. The number of hydrazone groups is 1. The van der Waals surface area contributed by atoms with Gasteiger partial charge >= 0.3 is 0 Å². The highest BCUT2D eigenvalue weighted by atomic mass is 32.2. The predicted octanol–water partition coefficient (Wildman–Crippen LogP) is 4.89. The molecule has 0 aliphatic rings. The first-order valence-electron chi connectivity index (χ1n) is 12.3. The molecule has 5 rings (SSSR count). The van der Waals surface area contributed by atoms with Gasteiger partial charge in [-0.1, -0.05) is 108 Å². The van der Waals surface area contributed by atoms with E-state index in [-0.39, 0.29) is 17.6 Å². The van der Waals surface area contributed by atoms with Crippen molar-refractivity contribution < 1.29 is 9.53 Å². The van der Waals surface area contributed by atoms with E-state index >= 15 is 0 Å². The maximum absolute atomic E-state index is 12.4. The molecule has 0 saturated heterocycles. The van der Waals surface area contributed by atoms with E-state index in [1.165, 1.54) is 21.6 Å². The Morgan fingerprint density at radius 1 is 0.927 bits per heavy atom. The van der Waals surface area contributed by atoms with E-state index in [1.807, 2.05) is 72.8 Å². The van der Waals surface area contributed by atoms with E-state index in [9.17, 15) is 4.79 Å². The number of nitrogens with one attached hydrogen (secondary N) is 2. The van der Waals surface area contributed by atoms with Crippen LogP contribution in [0, 0.1) is 0 Å². The summed E-state index contributed by atoms with van der Waals surface area (Å²) < 4.78 is 7.97. The predicted molar refractivity (Wildman–Crippen MR) is 164 cm³/mol. The van der Waals surface area contributed by atoms with Crippen molar-refractivity contribution in [2.24, 2.45) is 5.10 Å². The van der Waals surface area contributed by atoms with Gasteiger partial charge in [0.25, 0.3) is 5.95 Å². The second kappa shape index (κ2) is 14.3. The van der Waals surface area contributed by atoms with E-state index in [1.54, 1.807) is 18.0 Å². The first-order chi connectivity index (χ1) is 20.1. The zero-order chi connectivity index (χ0) is 28.3. The number of amides is 1. The third-order valence-electron chi connectivity index (χ3n) is 5.38. The summed E-state index contributed by atoms with van der Waals surface area (Å²) in [6.45, 7) is 0.442. The SMILES string of the molecule is Nn1c(N/N=C/c2ccccc2OCc2ccccc2)nnc1SCC(=O)Nc1nnc(SCc2ccccc2)s1. The summed E-state index contributed by atoms with van der Waals surface area (Å²) in [5.74, 6) is 7.60. The van der Waals surface area contributed by atoms with Crippen LogP contribution < -0.4 is 21.3 Å². The molecule has 208 valence electrons. The smallest absolute Gasteiger partial charge is 0.264 e. The van der Waals surface area contributed by atoms with Crippen LogP contribution in [0.15, 0.2) is 99.5 Å². The number of para-hydroxylation sites is 1. The maximum Gasteiger partial charge on any atom is 0.264 e. The minimum atomic E-state index is -0.256. The Morgan fingerprint density at radius 2 is 1.66 bits per heavy atom. The number of ether oxygens (including phenoxy) is 1. The molecule has 41 heavy (non-hydrogen) atoms. The van der Waals surface area contributed by atoms with Gasteiger partial charge in [-0.25, -0.2) is 10.1 Å². The molecule has 2 aromatic heterocycles. The van der Waals surface area contributed by atoms with Crippen LogP contribution in [-0.2, 0) is 17.2 Å². The van der Waals surface area contributed by atoms with Gasteiger partial charge in [0.05, 0.1) is 12.0 Å². The van der Waals surface area contributed by atoms with Crippen molar-refractivity contribution in [3.63, 3.8) is 0 Å². The number of rotatable bonds is 13. The monoisotopic (exact) mass is 603 g/mol. The lowest BCUT2D eigenvalue weighted by atomic mass is 10.2. The average Bonchev–Trinajstić information content (AvgIpc) is 3.61. The minimum Gasteiger partial charge on any atom is -0.488 e. The molecule has 5 aromatic rings. The fraction of sp³-hybridized carbons (Fsp3) is 0.111.